The Labute approximate surface area is 102 Å². The zero-order valence-electron chi connectivity index (χ0n) is 9.94. The maximum Gasteiger partial charge on any atom is 0.264 e. The molecule has 2 aromatic rings. The first-order valence-electron chi connectivity index (χ1n) is 5.51. The number of hydrogen-bond donors (Lipinski definition) is 1. The average molecular weight is 254 g/mol. The maximum absolute atomic E-state index is 13.8. The molecule has 2 rings (SSSR count). The van der Waals surface area contributed by atoms with Crippen molar-refractivity contribution in [3.8, 4) is 11.5 Å². The molecule has 0 spiro atoms. The van der Waals surface area contributed by atoms with Crippen LogP contribution in [-0.4, -0.2) is 15.2 Å². The van der Waals surface area contributed by atoms with E-state index in [9.17, 15) is 13.9 Å². The summed E-state index contributed by atoms with van der Waals surface area (Å²) in [7, 11) is 0. The van der Waals surface area contributed by atoms with E-state index in [2.05, 4.69) is 10.1 Å². The Bertz CT molecular complexity index is 569. The highest BCUT2D eigenvalue weighted by Gasteiger charge is 2.21. The van der Waals surface area contributed by atoms with Crippen molar-refractivity contribution in [3.05, 3.63) is 35.2 Å². The lowest BCUT2D eigenvalue weighted by molar-refractivity contribution is 0.159. The van der Waals surface area contributed by atoms with Crippen LogP contribution in [0.1, 0.15) is 30.8 Å². The molecule has 4 nitrogen and oxygen atoms in total. The van der Waals surface area contributed by atoms with Gasteiger partial charge in [-0.1, -0.05) is 18.1 Å². The highest BCUT2D eigenvalue weighted by molar-refractivity contribution is 5.56. The molecule has 1 aromatic heterocycles. The van der Waals surface area contributed by atoms with Crippen molar-refractivity contribution in [2.45, 2.75) is 26.4 Å². The average Bonchev–Trinajstić information content (AvgIpc) is 2.83. The van der Waals surface area contributed by atoms with Gasteiger partial charge in [0.25, 0.3) is 5.89 Å². The molecular weight excluding hydrogens is 242 g/mol. The first-order valence-corrected chi connectivity index (χ1v) is 5.51. The summed E-state index contributed by atoms with van der Waals surface area (Å²) in [6.45, 7) is 3.24. The molecular formula is C12H12F2N2O2. The summed E-state index contributed by atoms with van der Waals surface area (Å²) < 4.78 is 32.2. The summed E-state index contributed by atoms with van der Waals surface area (Å²) in [5, 5.41) is 13.0. The second-order valence-electron chi connectivity index (χ2n) is 3.94. The fraction of sp³-hybridized carbons (Fsp3) is 0.333. The fourth-order valence-corrected chi connectivity index (χ4v) is 1.51. The molecule has 1 atom stereocenters. The Hall–Kier alpha value is -1.82. The van der Waals surface area contributed by atoms with E-state index in [0.29, 0.717) is 6.42 Å². The summed E-state index contributed by atoms with van der Waals surface area (Å²) in [6, 6.07) is 2.46. The van der Waals surface area contributed by atoms with Crippen LogP contribution < -0.4 is 0 Å². The quantitative estimate of drug-likeness (QED) is 0.914. The van der Waals surface area contributed by atoms with Crippen molar-refractivity contribution in [3.63, 3.8) is 0 Å². The van der Waals surface area contributed by atoms with Crippen LogP contribution in [0, 0.1) is 18.6 Å². The third-order valence-corrected chi connectivity index (χ3v) is 2.62. The first kappa shape index (κ1) is 12.6. The van der Waals surface area contributed by atoms with Crippen molar-refractivity contribution in [1.82, 2.24) is 10.1 Å². The number of aromatic nitrogens is 2. The van der Waals surface area contributed by atoms with Gasteiger partial charge in [-0.25, -0.2) is 8.78 Å². The van der Waals surface area contributed by atoms with Gasteiger partial charge in [-0.15, -0.1) is 0 Å². The fourth-order valence-electron chi connectivity index (χ4n) is 1.51. The normalized spacial score (nSPS) is 12.7. The Kier molecular flexibility index (Phi) is 3.38. The molecule has 0 aliphatic rings. The van der Waals surface area contributed by atoms with Gasteiger partial charge in [-0.05, 0) is 25.0 Å². The number of aryl methyl sites for hydroxylation is 1. The molecule has 1 unspecified atom stereocenters. The summed E-state index contributed by atoms with van der Waals surface area (Å²) in [5.74, 6) is -1.76. The van der Waals surface area contributed by atoms with Gasteiger partial charge < -0.3 is 9.63 Å². The van der Waals surface area contributed by atoms with E-state index in [0.717, 1.165) is 6.07 Å². The van der Waals surface area contributed by atoms with E-state index in [1.165, 1.54) is 13.0 Å². The molecule has 0 saturated carbocycles. The molecule has 0 bridgehead atoms. The number of aliphatic hydroxyl groups excluding tert-OH is 1. The third-order valence-electron chi connectivity index (χ3n) is 2.62. The van der Waals surface area contributed by atoms with Gasteiger partial charge in [-0.2, -0.15) is 4.98 Å². The van der Waals surface area contributed by atoms with Crippen molar-refractivity contribution in [2.75, 3.05) is 0 Å². The summed E-state index contributed by atoms with van der Waals surface area (Å²) in [6.07, 6.45) is -0.518. The molecule has 1 N–H and O–H groups in total. The van der Waals surface area contributed by atoms with E-state index in [4.69, 9.17) is 4.52 Å². The van der Waals surface area contributed by atoms with E-state index in [1.54, 1.807) is 6.92 Å². The SMILES string of the molecule is CCC(O)c1noc(-c2c(F)ccc(C)c2F)n1. The first-order chi connectivity index (χ1) is 8.54. The minimum absolute atomic E-state index is 0.0211. The van der Waals surface area contributed by atoms with Crippen LogP contribution >= 0.6 is 0 Å². The maximum atomic E-state index is 13.8. The lowest BCUT2D eigenvalue weighted by Gasteiger charge is -2.02. The Balaban J connectivity index is 2.49. The van der Waals surface area contributed by atoms with Gasteiger partial charge in [0.15, 0.2) is 0 Å². The number of hydrogen-bond acceptors (Lipinski definition) is 4. The van der Waals surface area contributed by atoms with Crippen molar-refractivity contribution in [2.24, 2.45) is 0 Å². The molecule has 0 radical (unpaired) electrons. The Morgan fingerprint density at radius 3 is 2.78 bits per heavy atom. The van der Waals surface area contributed by atoms with E-state index >= 15 is 0 Å². The lowest BCUT2D eigenvalue weighted by atomic mass is 10.1. The zero-order chi connectivity index (χ0) is 13.3. The van der Waals surface area contributed by atoms with Gasteiger partial charge >= 0.3 is 0 Å². The standard InChI is InChI=1S/C12H12F2N2O2/c1-3-8(17)11-15-12(18-16-11)9-7(13)5-4-6(2)10(9)14/h4-5,8,17H,3H2,1-2H3. The topological polar surface area (TPSA) is 59.2 Å². The number of benzene rings is 1. The van der Waals surface area contributed by atoms with E-state index in [1.807, 2.05) is 0 Å². The van der Waals surface area contributed by atoms with E-state index < -0.39 is 17.7 Å². The minimum Gasteiger partial charge on any atom is -0.385 e. The Morgan fingerprint density at radius 2 is 2.11 bits per heavy atom. The predicted octanol–water partition coefficient (Wildman–Crippen LogP) is 2.77. The smallest absolute Gasteiger partial charge is 0.264 e. The summed E-state index contributed by atoms with van der Waals surface area (Å²) in [4.78, 5) is 3.81. The molecule has 0 aliphatic carbocycles. The van der Waals surface area contributed by atoms with Gasteiger partial charge in [0.1, 0.15) is 23.3 Å². The van der Waals surface area contributed by atoms with Crippen LogP contribution in [-0.2, 0) is 0 Å². The van der Waals surface area contributed by atoms with Crippen LogP contribution in [0.4, 0.5) is 8.78 Å². The van der Waals surface area contributed by atoms with Gasteiger partial charge in [0, 0.05) is 0 Å². The Morgan fingerprint density at radius 1 is 1.39 bits per heavy atom. The molecule has 0 amide bonds. The van der Waals surface area contributed by atoms with Crippen LogP contribution in [0.3, 0.4) is 0 Å². The molecule has 18 heavy (non-hydrogen) atoms. The minimum atomic E-state index is -0.904. The summed E-state index contributed by atoms with van der Waals surface area (Å²) >= 11 is 0. The monoisotopic (exact) mass is 254 g/mol. The third kappa shape index (κ3) is 2.11. The van der Waals surface area contributed by atoms with E-state index in [-0.39, 0.29) is 22.8 Å². The second kappa shape index (κ2) is 4.81. The molecule has 1 heterocycles. The lowest BCUT2D eigenvalue weighted by Crippen LogP contribution is -1.98. The summed E-state index contributed by atoms with van der Waals surface area (Å²) in [5.41, 5.74) is -0.0840. The molecule has 0 aliphatic heterocycles. The molecule has 0 saturated heterocycles. The van der Waals surface area contributed by atoms with Crippen molar-refractivity contribution < 1.29 is 18.4 Å². The highest BCUT2D eigenvalue weighted by atomic mass is 19.1. The van der Waals surface area contributed by atoms with Crippen LogP contribution in [0.2, 0.25) is 0 Å². The zero-order valence-corrected chi connectivity index (χ0v) is 9.94. The molecule has 0 fully saturated rings. The predicted molar refractivity (Wildman–Crippen MR) is 59.6 cm³/mol. The second-order valence-corrected chi connectivity index (χ2v) is 3.94. The van der Waals surface area contributed by atoms with Gasteiger partial charge in [0.2, 0.25) is 5.82 Å². The molecule has 6 heteroatoms. The van der Waals surface area contributed by atoms with Gasteiger partial charge in [0.05, 0.1) is 0 Å². The molecule has 1 aromatic carbocycles. The van der Waals surface area contributed by atoms with Crippen molar-refractivity contribution in [1.29, 1.82) is 0 Å². The number of halogens is 2. The van der Waals surface area contributed by atoms with Crippen LogP contribution in [0.15, 0.2) is 16.7 Å². The van der Waals surface area contributed by atoms with Crippen LogP contribution in [0.25, 0.3) is 11.5 Å². The van der Waals surface area contributed by atoms with Crippen LogP contribution in [0.5, 0.6) is 0 Å². The highest BCUT2D eigenvalue weighted by Crippen LogP contribution is 2.27. The number of nitrogens with zero attached hydrogens (tertiary/aromatic N) is 2. The number of rotatable bonds is 3. The van der Waals surface area contributed by atoms with Crippen molar-refractivity contribution >= 4 is 0 Å². The molecule has 96 valence electrons. The number of aliphatic hydroxyl groups is 1. The van der Waals surface area contributed by atoms with Gasteiger partial charge in [-0.3, -0.25) is 0 Å². The largest absolute Gasteiger partial charge is 0.385 e.